The van der Waals surface area contributed by atoms with Crippen LogP contribution < -0.4 is 0 Å². The second-order valence-electron chi connectivity index (χ2n) is 6.17. The van der Waals surface area contributed by atoms with E-state index in [1.807, 2.05) is 12.4 Å². The fourth-order valence-corrected chi connectivity index (χ4v) is 3.13. The van der Waals surface area contributed by atoms with Gasteiger partial charge in [-0.05, 0) is 50.8 Å². The molecule has 0 bridgehead atoms. The fraction of sp³-hybridized carbons (Fsp3) is 0.688. The number of unbranched alkanes of at least 4 members (excludes halogenated alkanes) is 1. The Bertz CT molecular complexity index is 557. The maximum atomic E-state index is 5.46. The SMILES string of the molecule is CCCCc1noc([C@@H](C)N2CCC(c3cn[nH]c3)CC2)n1. The van der Waals surface area contributed by atoms with E-state index < -0.39 is 0 Å². The van der Waals surface area contributed by atoms with Gasteiger partial charge >= 0.3 is 0 Å². The van der Waals surface area contributed by atoms with E-state index >= 15 is 0 Å². The molecule has 120 valence electrons. The third-order valence-corrected chi connectivity index (χ3v) is 4.66. The Kier molecular flexibility index (Phi) is 4.87. The molecule has 0 amide bonds. The molecule has 3 heterocycles. The van der Waals surface area contributed by atoms with Gasteiger partial charge in [0.15, 0.2) is 5.82 Å². The number of piperidine rings is 1. The molecule has 1 aliphatic heterocycles. The first-order valence-electron chi connectivity index (χ1n) is 8.33. The van der Waals surface area contributed by atoms with Gasteiger partial charge in [0.1, 0.15) is 0 Å². The van der Waals surface area contributed by atoms with Gasteiger partial charge in [0.2, 0.25) is 5.89 Å². The monoisotopic (exact) mass is 303 g/mol. The summed E-state index contributed by atoms with van der Waals surface area (Å²) < 4.78 is 5.46. The Hall–Kier alpha value is -1.69. The lowest BCUT2D eigenvalue weighted by Gasteiger charge is -2.34. The van der Waals surface area contributed by atoms with E-state index in [9.17, 15) is 0 Å². The molecule has 6 heteroatoms. The quantitative estimate of drug-likeness (QED) is 0.888. The number of H-pyrrole nitrogens is 1. The van der Waals surface area contributed by atoms with Crippen molar-refractivity contribution in [1.82, 2.24) is 25.2 Å². The van der Waals surface area contributed by atoms with Crippen LogP contribution in [0.4, 0.5) is 0 Å². The summed E-state index contributed by atoms with van der Waals surface area (Å²) in [7, 11) is 0. The van der Waals surface area contributed by atoms with Gasteiger partial charge in [-0.25, -0.2) is 0 Å². The maximum absolute atomic E-state index is 5.46. The summed E-state index contributed by atoms with van der Waals surface area (Å²) in [6, 6.07) is 0.202. The summed E-state index contributed by atoms with van der Waals surface area (Å²) in [5, 5.41) is 11.1. The first kappa shape index (κ1) is 15.2. The molecule has 1 saturated heterocycles. The molecule has 0 radical (unpaired) electrons. The zero-order valence-corrected chi connectivity index (χ0v) is 13.5. The summed E-state index contributed by atoms with van der Waals surface area (Å²) in [5.74, 6) is 2.22. The molecule has 0 spiro atoms. The molecule has 1 aliphatic rings. The van der Waals surface area contributed by atoms with Crippen LogP contribution >= 0.6 is 0 Å². The van der Waals surface area contributed by atoms with Crippen molar-refractivity contribution in [3.63, 3.8) is 0 Å². The van der Waals surface area contributed by atoms with Gasteiger partial charge in [-0.15, -0.1) is 0 Å². The molecule has 1 fully saturated rings. The second kappa shape index (κ2) is 7.05. The third-order valence-electron chi connectivity index (χ3n) is 4.66. The van der Waals surface area contributed by atoms with Crippen LogP contribution in [0.25, 0.3) is 0 Å². The molecular weight excluding hydrogens is 278 g/mol. The average molecular weight is 303 g/mol. The van der Waals surface area contributed by atoms with E-state index in [1.54, 1.807) is 0 Å². The molecule has 6 nitrogen and oxygen atoms in total. The lowest BCUT2D eigenvalue weighted by atomic mass is 9.91. The van der Waals surface area contributed by atoms with E-state index in [-0.39, 0.29) is 6.04 Å². The van der Waals surface area contributed by atoms with Gasteiger partial charge in [-0.3, -0.25) is 10.00 Å². The van der Waals surface area contributed by atoms with E-state index in [0.29, 0.717) is 5.92 Å². The van der Waals surface area contributed by atoms with Gasteiger partial charge in [0, 0.05) is 12.6 Å². The van der Waals surface area contributed by atoms with Crippen LogP contribution in [0, 0.1) is 0 Å². The van der Waals surface area contributed by atoms with Crippen LogP contribution in [-0.2, 0) is 6.42 Å². The van der Waals surface area contributed by atoms with E-state index in [0.717, 1.165) is 56.9 Å². The molecule has 0 aliphatic carbocycles. The van der Waals surface area contributed by atoms with Crippen molar-refractivity contribution >= 4 is 0 Å². The molecule has 1 atom stereocenters. The number of hydrogen-bond acceptors (Lipinski definition) is 5. The largest absolute Gasteiger partial charge is 0.338 e. The highest BCUT2D eigenvalue weighted by atomic mass is 16.5. The van der Waals surface area contributed by atoms with Crippen molar-refractivity contribution < 1.29 is 4.52 Å². The van der Waals surface area contributed by atoms with Crippen molar-refractivity contribution in [3.8, 4) is 0 Å². The summed E-state index contributed by atoms with van der Waals surface area (Å²) in [6.45, 7) is 6.45. The number of nitrogens with zero attached hydrogens (tertiary/aromatic N) is 4. The van der Waals surface area contributed by atoms with Crippen LogP contribution in [0.1, 0.15) is 68.8 Å². The van der Waals surface area contributed by atoms with E-state index in [4.69, 9.17) is 4.52 Å². The molecule has 0 aromatic carbocycles. The maximum Gasteiger partial charge on any atom is 0.243 e. The van der Waals surface area contributed by atoms with Gasteiger partial charge in [0.05, 0.1) is 12.2 Å². The highest BCUT2D eigenvalue weighted by molar-refractivity contribution is 5.11. The summed E-state index contributed by atoms with van der Waals surface area (Å²) in [6.07, 6.45) is 9.45. The average Bonchev–Trinajstić information content (AvgIpc) is 3.24. The molecular formula is C16H25N5O. The summed E-state index contributed by atoms with van der Waals surface area (Å²) >= 11 is 0. The number of aromatic nitrogens is 4. The number of hydrogen-bond donors (Lipinski definition) is 1. The summed E-state index contributed by atoms with van der Waals surface area (Å²) in [5.41, 5.74) is 1.33. The van der Waals surface area contributed by atoms with Crippen LogP contribution in [0.15, 0.2) is 16.9 Å². The fourth-order valence-electron chi connectivity index (χ4n) is 3.13. The molecule has 22 heavy (non-hydrogen) atoms. The van der Waals surface area contributed by atoms with Crippen molar-refractivity contribution in [2.75, 3.05) is 13.1 Å². The first-order chi connectivity index (χ1) is 10.8. The number of aryl methyl sites for hydroxylation is 1. The highest BCUT2D eigenvalue weighted by Crippen LogP contribution is 2.31. The van der Waals surface area contributed by atoms with Gasteiger partial charge in [-0.1, -0.05) is 18.5 Å². The van der Waals surface area contributed by atoms with Crippen LogP contribution in [-0.4, -0.2) is 38.3 Å². The first-order valence-corrected chi connectivity index (χ1v) is 8.33. The molecule has 0 unspecified atom stereocenters. The zero-order valence-electron chi connectivity index (χ0n) is 13.5. The molecule has 1 N–H and O–H groups in total. The lowest BCUT2D eigenvalue weighted by molar-refractivity contribution is 0.136. The Morgan fingerprint density at radius 2 is 2.23 bits per heavy atom. The number of aromatic amines is 1. The predicted molar refractivity (Wildman–Crippen MR) is 83.5 cm³/mol. The number of rotatable bonds is 6. The van der Waals surface area contributed by atoms with Crippen LogP contribution in [0.2, 0.25) is 0 Å². The summed E-state index contributed by atoms with van der Waals surface area (Å²) in [4.78, 5) is 7.00. The Balaban J connectivity index is 1.55. The van der Waals surface area contributed by atoms with E-state index in [1.165, 1.54) is 5.56 Å². The zero-order chi connectivity index (χ0) is 15.4. The molecule has 3 rings (SSSR count). The number of nitrogens with one attached hydrogen (secondary N) is 1. The van der Waals surface area contributed by atoms with Crippen molar-refractivity contribution in [2.45, 2.75) is 57.9 Å². The number of likely N-dealkylation sites (tertiary alicyclic amines) is 1. The van der Waals surface area contributed by atoms with Gasteiger partial charge in [-0.2, -0.15) is 10.1 Å². The topological polar surface area (TPSA) is 70.8 Å². The minimum atomic E-state index is 0.202. The van der Waals surface area contributed by atoms with Crippen molar-refractivity contribution in [3.05, 3.63) is 29.7 Å². The standard InChI is InChI=1S/C16H25N5O/c1-3-4-5-15-19-16(22-20-15)12(2)21-8-6-13(7-9-21)14-10-17-18-11-14/h10-13H,3-9H2,1-2H3,(H,17,18)/t12-/m1/s1. The van der Waals surface area contributed by atoms with Crippen LogP contribution in [0.5, 0.6) is 0 Å². The highest BCUT2D eigenvalue weighted by Gasteiger charge is 2.27. The van der Waals surface area contributed by atoms with Crippen molar-refractivity contribution in [2.24, 2.45) is 0 Å². The minimum absolute atomic E-state index is 0.202. The third kappa shape index (κ3) is 3.38. The molecule has 0 saturated carbocycles. The molecule has 2 aromatic rings. The Morgan fingerprint density at radius 3 is 2.91 bits per heavy atom. The van der Waals surface area contributed by atoms with Crippen molar-refractivity contribution in [1.29, 1.82) is 0 Å². The smallest absolute Gasteiger partial charge is 0.243 e. The Labute approximate surface area is 131 Å². The Morgan fingerprint density at radius 1 is 1.41 bits per heavy atom. The molecule has 2 aromatic heterocycles. The lowest BCUT2D eigenvalue weighted by Crippen LogP contribution is -2.35. The second-order valence-corrected chi connectivity index (χ2v) is 6.17. The van der Waals surface area contributed by atoms with E-state index in [2.05, 4.69) is 39.1 Å². The minimum Gasteiger partial charge on any atom is -0.338 e. The van der Waals surface area contributed by atoms with Gasteiger partial charge in [0.25, 0.3) is 0 Å². The normalized spacial score (nSPS) is 18.6. The predicted octanol–water partition coefficient (Wildman–Crippen LogP) is 3.08. The van der Waals surface area contributed by atoms with Crippen LogP contribution in [0.3, 0.4) is 0 Å². The van der Waals surface area contributed by atoms with Gasteiger partial charge < -0.3 is 4.52 Å².